The topological polar surface area (TPSA) is 78.7 Å². The molecule has 1 N–H and O–H groups in total. The van der Waals surface area contributed by atoms with Gasteiger partial charge in [0.15, 0.2) is 0 Å². The lowest BCUT2D eigenvalue weighted by Gasteiger charge is -2.37. The van der Waals surface area contributed by atoms with Gasteiger partial charge in [-0.2, -0.15) is 0 Å². The Morgan fingerprint density at radius 3 is 2.67 bits per heavy atom. The molecule has 21 heavy (non-hydrogen) atoms. The van der Waals surface area contributed by atoms with Gasteiger partial charge in [0.25, 0.3) is 5.91 Å². The van der Waals surface area contributed by atoms with E-state index in [1.807, 2.05) is 0 Å². The summed E-state index contributed by atoms with van der Waals surface area (Å²) in [5, 5.41) is 14.1. The van der Waals surface area contributed by atoms with E-state index >= 15 is 0 Å². The highest BCUT2D eigenvalue weighted by Gasteiger charge is 2.29. The fourth-order valence-electron chi connectivity index (χ4n) is 2.94. The van der Waals surface area contributed by atoms with Crippen molar-refractivity contribution in [3.8, 4) is 0 Å². The van der Waals surface area contributed by atoms with E-state index in [9.17, 15) is 14.9 Å². The molecule has 2 fully saturated rings. The molecule has 1 atom stereocenters. The highest BCUT2D eigenvalue weighted by atomic mass is 32.1. The third kappa shape index (κ3) is 3.07. The summed E-state index contributed by atoms with van der Waals surface area (Å²) in [6, 6.07) is 3.54. The van der Waals surface area contributed by atoms with Crippen molar-refractivity contribution >= 4 is 22.2 Å². The number of carbonyl (C=O) groups is 1. The number of rotatable bonds is 3. The van der Waals surface area contributed by atoms with Gasteiger partial charge in [0, 0.05) is 44.8 Å². The second-order valence-electron chi connectivity index (χ2n) is 5.37. The normalized spacial score (nSPS) is 23.4. The van der Waals surface area contributed by atoms with Crippen LogP contribution in [0.5, 0.6) is 0 Å². The number of thiophene rings is 1. The van der Waals surface area contributed by atoms with Crippen LogP contribution in [0.3, 0.4) is 0 Å². The summed E-state index contributed by atoms with van der Waals surface area (Å²) in [6.45, 7) is 5.26. The molecule has 1 aromatic heterocycles. The summed E-state index contributed by atoms with van der Waals surface area (Å²) in [5.41, 5.74) is 0. The first-order valence-corrected chi connectivity index (χ1v) is 7.95. The lowest BCUT2D eigenvalue weighted by atomic mass is 10.2. The minimum atomic E-state index is -0.452. The van der Waals surface area contributed by atoms with Crippen LogP contribution in [0.1, 0.15) is 16.1 Å². The first-order valence-electron chi connectivity index (χ1n) is 7.13. The molecular weight excluding hydrogens is 292 g/mol. The first kappa shape index (κ1) is 14.4. The van der Waals surface area contributed by atoms with E-state index in [1.165, 1.54) is 12.5 Å². The Balaban J connectivity index is 1.58. The SMILES string of the molecule is O=C(c1ccc([N+](=O)[O-])s1)N1CCN(C2CCNC2)CC1. The van der Waals surface area contributed by atoms with Crippen molar-refractivity contribution < 1.29 is 9.72 Å². The summed E-state index contributed by atoms with van der Waals surface area (Å²) in [4.78, 5) is 27.3. The fourth-order valence-corrected chi connectivity index (χ4v) is 3.73. The van der Waals surface area contributed by atoms with Crippen LogP contribution < -0.4 is 5.32 Å². The summed E-state index contributed by atoms with van der Waals surface area (Å²) in [6.07, 6.45) is 1.17. The van der Waals surface area contributed by atoms with Gasteiger partial charge in [0.1, 0.15) is 0 Å². The zero-order chi connectivity index (χ0) is 14.8. The summed E-state index contributed by atoms with van der Waals surface area (Å²) in [5.74, 6) is -0.0858. The minimum absolute atomic E-state index is 0.0222. The second-order valence-corrected chi connectivity index (χ2v) is 6.43. The third-order valence-corrected chi connectivity index (χ3v) is 5.16. The van der Waals surface area contributed by atoms with Crippen LogP contribution in [0.25, 0.3) is 0 Å². The van der Waals surface area contributed by atoms with Gasteiger partial charge in [-0.3, -0.25) is 19.8 Å². The molecule has 1 aromatic rings. The van der Waals surface area contributed by atoms with E-state index in [2.05, 4.69) is 10.2 Å². The zero-order valence-corrected chi connectivity index (χ0v) is 12.5. The highest BCUT2D eigenvalue weighted by molar-refractivity contribution is 7.17. The van der Waals surface area contributed by atoms with Crippen molar-refractivity contribution in [2.24, 2.45) is 0 Å². The van der Waals surface area contributed by atoms with Crippen molar-refractivity contribution in [1.29, 1.82) is 0 Å². The molecule has 0 bridgehead atoms. The van der Waals surface area contributed by atoms with Crippen molar-refractivity contribution in [2.45, 2.75) is 12.5 Å². The molecule has 0 aromatic carbocycles. The zero-order valence-electron chi connectivity index (χ0n) is 11.7. The monoisotopic (exact) mass is 310 g/mol. The van der Waals surface area contributed by atoms with Crippen LogP contribution in [0.4, 0.5) is 5.00 Å². The molecule has 114 valence electrons. The van der Waals surface area contributed by atoms with Crippen molar-refractivity contribution in [3.05, 3.63) is 27.1 Å². The molecule has 7 nitrogen and oxygen atoms in total. The van der Waals surface area contributed by atoms with Gasteiger partial charge in [-0.05, 0) is 19.0 Å². The average molecular weight is 310 g/mol. The predicted octanol–water partition coefficient (Wildman–Crippen LogP) is 0.776. The van der Waals surface area contributed by atoms with Crippen LogP contribution in [0, 0.1) is 10.1 Å². The average Bonchev–Trinajstić information content (AvgIpc) is 3.18. The number of amides is 1. The van der Waals surface area contributed by atoms with E-state index in [-0.39, 0.29) is 10.9 Å². The van der Waals surface area contributed by atoms with Gasteiger partial charge in [0.05, 0.1) is 9.80 Å². The van der Waals surface area contributed by atoms with E-state index < -0.39 is 4.92 Å². The van der Waals surface area contributed by atoms with E-state index in [0.717, 1.165) is 37.5 Å². The Labute approximate surface area is 126 Å². The Bertz CT molecular complexity index is 533. The molecule has 0 spiro atoms. The molecule has 8 heteroatoms. The molecule has 0 saturated carbocycles. The molecular formula is C13H18N4O3S. The second kappa shape index (κ2) is 6.08. The molecule has 3 heterocycles. The van der Waals surface area contributed by atoms with Gasteiger partial charge < -0.3 is 10.2 Å². The largest absolute Gasteiger partial charge is 0.335 e. The number of nitrogens with one attached hydrogen (secondary N) is 1. The molecule has 1 amide bonds. The van der Waals surface area contributed by atoms with Gasteiger partial charge in [-0.25, -0.2) is 0 Å². The van der Waals surface area contributed by atoms with Crippen molar-refractivity contribution in [2.75, 3.05) is 39.3 Å². The minimum Gasteiger partial charge on any atom is -0.335 e. The molecule has 1 unspecified atom stereocenters. The van der Waals surface area contributed by atoms with Crippen LogP contribution in [0.15, 0.2) is 12.1 Å². The first-order chi connectivity index (χ1) is 10.1. The molecule has 2 aliphatic heterocycles. The fraction of sp³-hybridized carbons (Fsp3) is 0.615. The number of nitrogens with zero attached hydrogens (tertiary/aromatic N) is 3. The van der Waals surface area contributed by atoms with Gasteiger partial charge in [-0.15, -0.1) is 0 Å². The van der Waals surface area contributed by atoms with Gasteiger partial charge >= 0.3 is 5.00 Å². The van der Waals surface area contributed by atoms with E-state index in [0.29, 0.717) is 24.0 Å². The predicted molar refractivity (Wildman–Crippen MR) is 79.7 cm³/mol. The number of piperazine rings is 1. The summed E-state index contributed by atoms with van der Waals surface area (Å²) in [7, 11) is 0. The highest BCUT2D eigenvalue weighted by Crippen LogP contribution is 2.25. The maximum atomic E-state index is 12.3. The third-order valence-electron chi connectivity index (χ3n) is 4.13. The smallest absolute Gasteiger partial charge is 0.324 e. The van der Waals surface area contributed by atoms with Gasteiger partial charge in [0.2, 0.25) is 0 Å². The van der Waals surface area contributed by atoms with E-state index in [4.69, 9.17) is 0 Å². The lowest BCUT2D eigenvalue weighted by Crippen LogP contribution is -2.52. The molecule has 0 aliphatic carbocycles. The number of hydrogen-bond donors (Lipinski definition) is 1. The molecule has 2 saturated heterocycles. The van der Waals surface area contributed by atoms with Crippen molar-refractivity contribution in [3.63, 3.8) is 0 Å². The Morgan fingerprint density at radius 2 is 2.10 bits per heavy atom. The molecule has 3 rings (SSSR count). The summed E-state index contributed by atoms with van der Waals surface area (Å²) >= 11 is 0.955. The number of carbonyl (C=O) groups excluding carboxylic acids is 1. The van der Waals surface area contributed by atoms with Crippen LogP contribution in [-0.4, -0.2) is 65.9 Å². The van der Waals surface area contributed by atoms with E-state index in [1.54, 1.807) is 11.0 Å². The maximum absolute atomic E-state index is 12.3. The Morgan fingerprint density at radius 1 is 1.33 bits per heavy atom. The van der Waals surface area contributed by atoms with Crippen molar-refractivity contribution in [1.82, 2.24) is 15.1 Å². The number of nitro groups is 1. The van der Waals surface area contributed by atoms with Gasteiger partial charge in [-0.1, -0.05) is 11.3 Å². The summed E-state index contributed by atoms with van der Waals surface area (Å²) < 4.78 is 0. The lowest BCUT2D eigenvalue weighted by molar-refractivity contribution is -0.380. The molecule has 0 radical (unpaired) electrons. The number of hydrogen-bond acceptors (Lipinski definition) is 6. The Kier molecular flexibility index (Phi) is 4.18. The maximum Gasteiger partial charge on any atom is 0.324 e. The van der Waals surface area contributed by atoms with Crippen LogP contribution in [-0.2, 0) is 0 Å². The van der Waals surface area contributed by atoms with Crippen LogP contribution >= 0.6 is 11.3 Å². The standard InChI is InChI=1S/C13H18N4O3S/c18-13(11-1-2-12(21-11)17(19)20)16-7-5-15(6-8-16)10-3-4-14-9-10/h1-2,10,14H,3-9H2. The Hall–Kier alpha value is -1.51. The molecule has 2 aliphatic rings. The van der Waals surface area contributed by atoms with Crippen LogP contribution in [0.2, 0.25) is 0 Å². The quantitative estimate of drug-likeness (QED) is 0.659.